The Bertz CT molecular complexity index is 471. The minimum Gasteiger partial charge on any atom is -0.488 e. The fourth-order valence-electron chi connectivity index (χ4n) is 1.10. The second-order valence-corrected chi connectivity index (χ2v) is 3.56. The van der Waals surface area contributed by atoms with E-state index in [1.807, 2.05) is 0 Å². The number of carbonyl (C=O) groups is 1. The number of nitro benzene ring substituents is 1. The lowest BCUT2D eigenvalue weighted by Gasteiger charge is -2.07. The molecule has 0 saturated heterocycles. The van der Waals surface area contributed by atoms with E-state index in [2.05, 4.69) is 0 Å². The maximum atomic E-state index is 10.8. The molecule has 1 aromatic carbocycles. The quantitative estimate of drug-likeness (QED) is 0.461. The van der Waals surface area contributed by atoms with E-state index >= 15 is 0 Å². The topological polar surface area (TPSA) is 69.4 Å². The minimum absolute atomic E-state index is 0.140. The first-order valence-electron chi connectivity index (χ1n) is 4.70. The normalized spacial score (nSPS) is 11.1. The molecule has 6 heteroatoms. The third kappa shape index (κ3) is 3.57. The summed E-state index contributed by atoms with van der Waals surface area (Å²) >= 11 is 5.46. The summed E-state index contributed by atoms with van der Waals surface area (Å²) in [5.41, 5.74) is 2.14. The Labute approximate surface area is 103 Å². The second kappa shape index (κ2) is 6.00. The fourth-order valence-corrected chi connectivity index (χ4v) is 1.16. The molecule has 17 heavy (non-hydrogen) atoms. The Morgan fingerprint density at radius 3 is 2.82 bits per heavy atom. The first kappa shape index (κ1) is 13.2. The maximum Gasteiger partial charge on any atom is 0.270 e. The Kier molecular flexibility index (Phi) is 4.66. The van der Waals surface area contributed by atoms with Crippen molar-refractivity contribution in [1.29, 1.82) is 0 Å². The standard InChI is InChI=1S/C11H10ClNO4/c1-8(5-12)7-17-11-3-2-10(13(15)16)4-9(11)6-14/h2-6H,7H2,1H3/b8-5-. The third-order valence-corrected chi connectivity index (χ3v) is 2.35. The van der Waals surface area contributed by atoms with Crippen molar-refractivity contribution in [1.82, 2.24) is 0 Å². The molecule has 0 aliphatic carbocycles. The summed E-state index contributed by atoms with van der Waals surface area (Å²) in [6.07, 6.45) is 0.516. The molecule has 0 aromatic heterocycles. The summed E-state index contributed by atoms with van der Waals surface area (Å²) in [7, 11) is 0. The van der Waals surface area contributed by atoms with Gasteiger partial charge in [-0.2, -0.15) is 0 Å². The van der Waals surface area contributed by atoms with E-state index in [9.17, 15) is 14.9 Å². The molecule has 0 aliphatic heterocycles. The lowest BCUT2D eigenvalue weighted by Crippen LogP contribution is -2.01. The van der Waals surface area contributed by atoms with Crippen LogP contribution in [0.3, 0.4) is 0 Å². The first-order valence-corrected chi connectivity index (χ1v) is 5.14. The van der Waals surface area contributed by atoms with Crippen LogP contribution < -0.4 is 4.74 Å². The maximum absolute atomic E-state index is 10.8. The van der Waals surface area contributed by atoms with Gasteiger partial charge in [0.1, 0.15) is 12.4 Å². The highest BCUT2D eigenvalue weighted by Gasteiger charge is 2.11. The van der Waals surface area contributed by atoms with Crippen LogP contribution in [0.1, 0.15) is 17.3 Å². The smallest absolute Gasteiger partial charge is 0.270 e. The fraction of sp³-hybridized carbons (Fsp3) is 0.182. The number of non-ortho nitro benzene ring substituents is 1. The SMILES string of the molecule is C/C(=C/Cl)COc1ccc([N+](=O)[O-])cc1C=O. The Balaban J connectivity index is 2.93. The van der Waals surface area contributed by atoms with Crippen LogP contribution in [-0.2, 0) is 0 Å². The van der Waals surface area contributed by atoms with Crippen LogP contribution in [-0.4, -0.2) is 17.8 Å². The van der Waals surface area contributed by atoms with Gasteiger partial charge in [0, 0.05) is 17.7 Å². The van der Waals surface area contributed by atoms with Crippen molar-refractivity contribution in [3.05, 3.63) is 45.0 Å². The Morgan fingerprint density at radius 1 is 1.59 bits per heavy atom. The predicted molar refractivity (Wildman–Crippen MR) is 63.6 cm³/mol. The largest absolute Gasteiger partial charge is 0.488 e. The average Bonchev–Trinajstić information content (AvgIpc) is 2.35. The van der Waals surface area contributed by atoms with E-state index < -0.39 is 4.92 Å². The summed E-state index contributed by atoms with van der Waals surface area (Å²) in [4.78, 5) is 20.7. The van der Waals surface area contributed by atoms with Crippen molar-refractivity contribution in [3.63, 3.8) is 0 Å². The van der Waals surface area contributed by atoms with Crippen LogP contribution in [0.4, 0.5) is 5.69 Å². The van der Waals surface area contributed by atoms with Crippen LogP contribution >= 0.6 is 11.6 Å². The number of aldehydes is 1. The molecule has 1 rings (SSSR count). The van der Waals surface area contributed by atoms with Gasteiger partial charge in [0.25, 0.3) is 5.69 Å². The van der Waals surface area contributed by atoms with Gasteiger partial charge in [-0.1, -0.05) is 11.6 Å². The molecule has 0 saturated carbocycles. The van der Waals surface area contributed by atoms with Crippen molar-refractivity contribution >= 4 is 23.6 Å². The van der Waals surface area contributed by atoms with Gasteiger partial charge in [-0.3, -0.25) is 14.9 Å². The molecular formula is C11H10ClNO4. The molecule has 0 bridgehead atoms. The third-order valence-electron chi connectivity index (χ3n) is 1.97. The van der Waals surface area contributed by atoms with Crippen molar-refractivity contribution in [2.45, 2.75) is 6.92 Å². The number of halogens is 1. The van der Waals surface area contributed by atoms with Gasteiger partial charge in [-0.25, -0.2) is 0 Å². The molecule has 0 atom stereocenters. The van der Waals surface area contributed by atoms with Gasteiger partial charge >= 0.3 is 0 Å². The highest BCUT2D eigenvalue weighted by molar-refractivity contribution is 6.25. The van der Waals surface area contributed by atoms with E-state index in [0.717, 1.165) is 5.57 Å². The monoisotopic (exact) mass is 255 g/mol. The molecule has 0 unspecified atom stereocenters. The molecule has 1 aromatic rings. The number of rotatable bonds is 5. The number of benzene rings is 1. The molecule has 90 valence electrons. The van der Waals surface area contributed by atoms with Crippen molar-refractivity contribution in [3.8, 4) is 5.75 Å². The van der Waals surface area contributed by atoms with Crippen LogP contribution in [0.15, 0.2) is 29.3 Å². The van der Waals surface area contributed by atoms with Gasteiger partial charge < -0.3 is 4.74 Å². The molecule has 0 fully saturated rings. The summed E-state index contributed by atoms with van der Waals surface area (Å²) in [6.45, 7) is 1.99. The zero-order chi connectivity index (χ0) is 12.8. The van der Waals surface area contributed by atoms with Crippen LogP contribution in [0.2, 0.25) is 0 Å². The number of ether oxygens (including phenoxy) is 1. The van der Waals surface area contributed by atoms with E-state index in [1.54, 1.807) is 6.92 Å². The lowest BCUT2D eigenvalue weighted by atomic mass is 10.2. The Morgan fingerprint density at radius 2 is 2.29 bits per heavy atom. The molecule has 5 nitrogen and oxygen atoms in total. The summed E-state index contributed by atoms with van der Waals surface area (Å²) in [6, 6.07) is 3.84. The molecule has 0 amide bonds. The number of hydrogen-bond donors (Lipinski definition) is 0. The van der Waals surface area contributed by atoms with E-state index in [4.69, 9.17) is 16.3 Å². The van der Waals surface area contributed by atoms with Crippen molar-refractivity contribution in [2.24, 2.45) is 0 Å². The number of carbonyl (C=O) groups excluding carboxylic acids is 1. The summed E-state index contributed by atoms with van der Waals surface area (Å²) < 4.78 is 5.31. The highest BCUT2D eigenvalue weighted by Crippen LogP contribution is 2.23. The van der Waals surface area contributed by atoms with Gasteiger partial charge in [0.05, 0.1) is 10.5 Å². The molecule has 0 N–H and O–H groups in total. The summed E-state index contributed by atoms with van der Waals surface area (Å²) in [5.74, 6) is 0.295. The van der Waals surface area contributed by atoms with Crippen molar-refractivity contribution in [2.75, 3.05) is 6.61 Å². The molecular weight excluding hydrogens is 246 g/mol. The summed E-state index contributed by atoms with van der Waals surface area (Å²) in [5, 5.41) is 10.5. The van der Waals surface area contributed by atoms with Gasteiger partial charge in [0.2, 0.25) is 0 Å². The zero-order valence-electron chi connectivity index (χ0n) is 9.05. The van der Waals surface area contributed by atoms with E-state index in [0.29, 0.717) is 12.0 Å². The molecule has 0 spiro atoms. The molecule has 0 aliphatic rings. The van der Waals surface area contributed by atoms with Gasteiger partial charge in [0.15, 0.2) is 6.29 Å². The number of nitrogens with zero attached hydrogens (tertiary/aromatic N) is 1. The number of nitro groups is 1. The second-order valence-electron chi connectivity index (χ2n) is 3.34. The predicted octanol–water partition coefficient (Wildman–Crippen LogP) is 2.93. The zero-order valence-corrected chi connectivity index (χ0v) is 9.81. The van der Waals surface area contributed by atoms with E-state index in [-0.39, 0.29) is 17.9 Å². The van der Waals surface area contributed by atoms with Crippen LogP contribution in [0.25, 0.3) is 0 Å². The lowest BCUT2D eigenvalue weighted by molar-refractivity contribution is -0.384. The van der Waals surface area contributed by atoms with Crippen molar-refractivity contribution < 1.29 is 14.5 Å². The Hall–Kier alpha value is -1.88. The highest BCUT2D eigenvalue weighted by atomic mass is 35.5. The van der Waals surface area contributed by atoms with Gasteiger partial charge in [-0.05, 0) is 18.6 Å². The van der Waals surface area contributed by atoms with Gasteiger partial charge in [-0.15, -0.1) is 0 Å². The average molecular weight is 256 g/mol. The molecule has 0 heterocycles. The minimum atomic E-state index is -0.569. The van der Waals surface area contributed by atoms with Crippen LogP contribution in [0.5, 0.6) is 5.75 Å². The van der Waals surface area contributed by atoms with E-state index in [1.165, 1.54) is 23.7 Å². The number of hydrogen-bond acceptors (Lipinski definition) is 4. The van der Waals surface area contributed by atoms with Crippen LogP contribution in [0, 0.1) is 10.1 Å². The first-order chi connectivity index (χ1) is 8.08. The molecule has 0 radical (unpaired) electrons.